The average molecular weight is 273 g/mol. The Morgan fingerprint density at radius 2 is 1.89 bits per heavy atom. The Balaban J connectivity index is -0.000000209. The summed E-state index contributed by atoms with van der Waals surface area (Å²) in [5.41, 5.74) is 0. The summed E-state index contributed by atoms with van der Waals surface area (Å²) in [6.07, 6.45) is 6.27. The third-order valence-corrected chi connectivity index (χ3v) is 1.45. The number of ether oxygens (including phenoxy) is 2. The molecule has 0 saturated carbocycles. The van der Waals surface area contributed by atoms with E-state index in [1.54, 1.807) is 0 Å². The van der Waals surface area contributed by atoms with Crippen LogP contribution in [0, 0.1) is 6.58 Å². The van der Waals surface area contributed by atoms with Gasteiger partial charge in [0.2, 0.25) is 0 Å². The molecule has 0 aliphatic rings. The van der Waals surface area contributed by atoms with Crippen molar-refractivity contribution in [2.45, 2.75) is 19.3 Å². The van der Waals surface area contributed by atoms with E-state index in [1.165, 1.54) is 19.4 Å². The normalized spacial score (nSPS) is 7.74. The third kappa shape index (κ3) is 38.5. The Kier molecular flexibility index (Phi) is 30.1. The predicted octanol–water partition coefficient (Wildman–Crippen LogP) is 1.62. The smallest absolute Gasteiger partial charge is 0.329 e. The van der Waals surface area contributed by atoms with Gasteiger partial charge < -0.3 is 19.7 Å². The summed E-state index contributed by atoms with van der Waals surface area (Å²) in [5, 5.41) is 16.2. The molecule has 5 heteroatoms. The quantitative estimate of drug-likeness (QED) is 0.304. The average Bonchev–Trinajstić information content (AvgIpc) is 2.45. The highest BCUT2D eigenvalue weighted by molar-refractivity contribution is 5.80. The van der Waals surface area contributed by atoms with E-state index >= 15 is 0 Å². The van der Waals surface area contributed by atoms with Gasteiger partial charge in [-0.05, 0) is 19.3 Å². The second kappa shape index (κ2) is 25.3. The monoisotopic (exact) mass is 273 g/mol. The minimum absolute atomic E-state index is 0.163. The zero-order chi connectivity index (χ0) is 15.4. The van der Waals surface area contributed by atoms with Crippen LogP contribution in [-0.2, 0) is 14.3 Å². The second-order valence-electron chi connectivity index (χ2n) is 2.94. The molecule has 0 aromatic rings. The molecule has 111 valence electrons. The van der Waals surface area contributed by atoms with Gasteiger partial charge in [-0.2, -0.15) is 0 Å². The summed E-state index contributed by atoms with van der Waals surface area (Å²) >= 11 is 0. The molecule has 0 saturated heterocycles. The Bertz CT molecular complexity index is 214. The number of aliphatic hydroxyl groups excluding tert-OH is 2. The molecule has 0 spiro atoms. The lowest BCUT2D eigenvalue weighted by Crippen LogP contribution is -1.91. The minimum Gasteiger partial charge on any atom is -0.502 e. The summed E-state index contributed by atoms with van der Waals surface area (Å²) < 4.78 is 8.93. The number of carbonyl (C=O) groups excluding carboxylic acids is 1. The summed E-state index contributed by atoms with van der Waals surface area (Å²) in [4.78, 5) is 9.84. The van der Waals surface area contributed by atoms with Crippen molar-refractivity contribution < 1.29 is 24.5 Å². The Morgan fingerprint density at radius 1 is 1.26 bits per heavy atom. The van der Waals surface area contributed by atoms with Crippen LogP contribution < -0.4 is 0 Å². The lowest BCUT2D eigenvalue weighted by atomic mass is 10.3. The highest BCUT2D eigenvalue weighted by atomic mass is 16.5. The van der Waals surface area contributed by atoms with E-state index in [0.717, 1.165) is 18.9 Å². The van der Waals surface area contributed by atoms with Crippen LogP contribution in [0.15, 0.2) is 31.6 Å². The van der Waals surface area contributed by atoms with Gasteiger partial charge >= 0.3 is 5.97 Å². The van der Waals surface area contributed by atoms with Crippen molar-refractivity contribution in [2.24, 2.45) is 0 Å². The van der Waals surface area contributed by atoms with Crippen LogP contribution in [0.4, 0.5) is 0 Å². The molecule has 0 heterocycles. The Hall–Kier alpha value is -1.59. The lowest BCUT2D eigenvalue weighted by Gasteiger charge is -1.95. The molecule has 0 aliphatic heterocycles. The van der Waals surface area contributed by atoms with Gasteiger partial charge in [0.15, 0.2) is 0 Å². The predicted molar refractivity (Wildman–Crippen MR) is 75.3 cm³/mol. The SMILES string of the molecule is C=CC(=O)OC.C=COCCCCO.[CH]=CCCO. The molecule has 0 atom stereocenters. The first kappa shape index (κ1) is 22.6. The molecule has 1 radical (unpaired) electrons. The van der Waals surface area contributed by atoms with Crippen LogP contribution in [0.5, 0.6) is 0 Å². The molecule has 0 unspecified atom stereocenters. The van der Waals surface area contributed by atoms with Crippen molar-refractivity contribution in [3.8, 4) is 0 Å². The number of methoxy groups -OCH3 is 1. The first-order valence-corrected chi connectivity index (χ1v) is 5.82. The van der Waals surface area contributed by atoms with E-state index in [4.69, 9.17) is 21.5 Å². The molecule has 2 N–H and O–H groups in total. The number of rotatable bonds is 8. The first-order chi connectivity index (χ1) is 9.14. The molecule has 0 aromatic heterocycles. The second-order valence-corrected chi connectivity index (χ2v) is 2.94. The van der Waals surface area contributed by atoms with E-state index < -0.39 is 5.97 Å². The largest absolute Gasteiger partial charge is 0.502 e. The molecule has 0 rings (SSSR count). The maximum atomic E-state index is 9.84. The van der Waals surface area contributed by atoms with Gasteiger partial charge in [-0.25, -0.2) is 4.79 Å². The molecule has 0 bridgehead atoms. The Labute approximate surface area is 115 Å². The molecule has 0 aromatic carbocycles. The fourth-order valence-corrected chi connectivity index (χ4v) is 0.538. The van der Waals surface area contributed by atoms with E-state index in [2.05, 4.69) is 17.9 Å². The zero-order valence-corrected chi connectivity index (χ0v) is 11.6. The maximum Gasteiger partial charge on any atom is 0.329 e. The number of esters is 1. The number of unbranched alkanes of at least 4 members (excludes halogenated alkanes) is 1. The van der Waals surface area contributed by atoms with Gasteiger partial charge in [0, 0.05) is 19.3 Å². The standard InChI is InChI=1S/C6H12O2.C4H6O2.C4H7O/c1-2-8-6-4-3-5-7;1-3-4(5)6-2;1-2-3-4-5/h2,7H,1,3-6H2;3H,1H2,2H3;1-2,5H,3-4H2. The third-order valence-electron chi connectivity index (χ3n) is 1.45. The van der Waals surface area contributed by atoms with Crippen LogP contribution >= 0.6 is 0 Å². The van der Waals surface area contributed by atoms with Gasteiger partial charge in [-0.15, -0.1) is 0 Å². The fourth-order valence-electron chi connectivity index (χ4n) is 0.538. The van der Waals surface area contributed by atoms with Crippen molar-refractivity contribution in [1.82, 2.24) is 0 Å². The van der Waals surface area contributed by atoms with Crippen LogP contribution in [-0.4, -0.2) is 43.1 Å². The topological polar surface area (TPSA) is 76.0 Å². The van der Waals surface area contributed by atoms with Crippen molar-refractivity contribution in [1.29, 1.82) is 0 Å². The summed E-state index contributed by atoms with van der Waals surface area (Å²) in [7, 11) is 1.31. The van der Waals surface area contributed by atoms with E-state index in [0.29, 0.717) is 13.0 Å². The first-order valence-electron chi connectivity index (χ1n) is 5.82. The van der Waals surface area contributed by atoms with Crippen LogP contribution in [0.3, 0.4) is 0 Å². The maximum absolute atomic E-state index is 9.84. The van der Waals surface area contributed by atoms with Gasteiger partial charge in [-0.1, -0.05) is 25.8 Å². The lowest BCUT2D eigenvalue weighted by molar-refractivity contribution is -0.134. The highest BCUT2D eigenvalue weighted by Crippen LogP contribution is 1.87. The van der Waals surface area contributed by atoms with Crippen molar-refractivity contribution in [3.63, 3.8) is 0 Å². The van der Waals surface area contributed by atoms with E-state index in [-0.39, 0.29) is 13.2 Å². The minimum atomic E-state index is -0.394. The zero-order valence-electron chi connectivity index (χ0n) is 11.6. The van der Waals surface area contributed by atoms with Gasteiger partial charge in [0.05, 0.1) is 20.0 Å². The molecule has 0 amide bonds. The summed E-state index contributed by atoms with van der Waals surface area (Å²) in [6, 6.07) is 0. The Morgan fingerprint density at radius 3 is 2.11 bits per heavy atom. The van der Waals surface area contributed by atoms with Crippen molar-refractivity contribution in [2.75, 3.05) is 26.9 Å². The van der Waals surface area contributed by atoms with Crippen LogP contribution in [0.2, 0.25) is 0 Å². The van der Waals surface area contributed by atoms with Gasteiger partial charge in [0.25, 0.3) is 0 Å². The van der Waals surface area contributed by atoms with Crippen LogP contribution in [0.1, 0.15) is 19.3 Å². The molecular formula is C14H25O5. The fraction of sp³-hybridized carbons (Fsp3) is 0.500. The molecule has 5 nitrogen and oxygen atoms in total. The summed E-state index contributed by atoms with van der Waals surface area (Å²) in [5.74, 6) is -0.394. The summed E-state index contributed by atoms with van der Waals surface area (Å²) in [6.45, 7) is 12.5. The van der Waals surface area contributed by atoms with Gasteiger partial charge in [-0.3, -0.25) is 0 Å². The van der Waals surface area contributed by atoms with Crippen molar-refractivity contribution in [3.05, 3.63) is 38.2 Å². The number of hydrogen-bond donors (Lipinski definition) is 2. The number of carbonyl (C=O) groups is 1. The van der Waals surface area contributed by atoms with E-state index in [1.807, 2.05) is 0 Å². The number of aliphatic hydroxyl groups is 2. The molecule has 19 heavy (non-hydrogen) atoms. The van der Waals surface area contributed by atoms with Gasteiger partial charge in [0.1, 0.15) is 0 Å². The molecule has 0 fully saturated rings. The van der Waals surface area contributed by atoms with Crippen LogP contribution in [0.25, 0.3) is 0 Å². The van der Waals surface area contributed by atoms with Crippen molar-refractivity contribution >= 4 is 5.97 Å². The molecular weight excluding hydrogens is 248 g/mol. The molecule has 0 aliphatic carbocycles. The van der Waals surface area contributed by atoms with E-state index in [9.17, 15) is 4.79 Å². The highest BCUT2D eigenvalue weighted by Gasteiger charge is 1.82. The number of hydrogen-bond acceptors (Lipinski definition) is 5.